The molecule has 0 radical (unpaired) electrons. The van der Waals surface area contributed by atoms with E-state index in [4.69, 9.17) is 4.74 Å². The van der Waals surface area contributed by atoms with Crippen LogP contribution in [0, 0.1) is 5.92 Å². The Morgan fingerprint density at radius 1 is 1.39 bits per heavy atom. The van der Waals surface area contributed by atoms with Gasteiger partial charge in [0.1, 0.15) is 5.75 Å². The van der Waals surface area contributed by atoms with Crippen molar-refractivity contribution in [1.82, 2.24) is 10.2 Å². The molecule has 1 heterocycles. The van der Waals surface area contributed by atoms with Crippen LogP contribution in [0.2, 0.25) is 0 Å². The lowest BCUT2D eigenvalue weighted by molar-refractivity contribution is -0.126. The molecule has 124 valence electrons. The molecule has 2 aliphatic rings. The minimum atomic E-state index is -0.288. The van der Waals surface area contributed by atoms with Gasteiger partial charge >= 0.3 is 6.03 Å². The van der Waals surface area contributed by atoms with E-state index in [-0.39, 0.29) is 24.5 Å². The van der Waals surface area contributed by atoms with Gasteiger partial charge in [-0.25, -0.2) is 4.79 Å². The molecule has 0 unspecified atom stereocenters. The van der Waals surface area contributed by atoms with Crippen molar-refractivity contribution in [3.63, 3.8) is 0 Å². The van der Waals surface area contributed by atoms with E-state index in [1.807, 2.05) is 24.3 Å². The van der Waals surface area contributed by atoms with Gasteiger partial charge < -0.3 is 15.0 Å². The Morgan fingerprint density at radius 3 is 2.61 bits per heavy atom. The maximum atomic E-state index is 12.5. The van der Waals surface area contributed by atoms with Crippen molar-refractivity contribution in [1.29, 1.82) is 0 Å². The summed E-state index contributed by atoms with van der Waals surface area (Å²) in [6.07, 6.45) is 2.40. The first-order valence-corrected chi connectivity index (χ1v) is 8.09. The molecule has 1 aromatic carbocycles. The first-order chi connectivity index (χ1) is 11.1. The number of hydrogen-bond donors (Lipinski definition) is 1. The van der Waals surface area contributed by atoms with Crippen LogP contribution >= 0.6 is 0 Å². The third kappa shape index (κ3) is 3.41. The number of benzene rings is 1. The number of hydrogen-bond acceptors (Lipinski definition) is 4. The van der Waals surface area contributed by atoms with Gasteiger partial charge in [0, 0.05) is 24.8 Å². The number of carbonyl (C=O) groups is 2. The second-order valence-corrected chi connectivity index (χ2v) is 6.18. The summed E-state index contributed by atoms with van der Waals surface area (Å²) in [4.78, 5) is 27.6. The summed E-state index contributed by atoms with van der Waals surface area (Å²) in [7, 11) is 1.63. The third-order valence-corrected chi connectivity index (χ3v) is 4.66. The normalized spacial score (nSPS) is 18.5. The maximum absolute atomic E-state index is 12.5. The number of amides is 3. The topological polar surface area (TPSA) is 61.9 Å². The monoisotopic (exact) mass is 317 g/mol. The molecule has 1 aromatic rings. The summed E-state index contributed by atoms with van der Waals surface area (Å²) in [6.45, 7) is 3.36. The van der Waals surface area contributed by atoms with Crippen LogP contribution in [0.4, 0.5) is 10.5 Å². The lowest BCUT2D eigenvalue weighted by Gasteiger charge is -2.32. The van der Waals surface area contributed by atoms with Crippen LogP contribution in [0.3, 0.4) is 0 Å². The fourth-order valence-corrected chi connectivity index (χ4v) is 3.02. The fourth-order valence-electron chi connectivity index (χ4n) is 3.02. The Bertz CT molecular complexity index is 583. The van der Waals surface area contributed by atoms with Crippen molar-refractivity contribution in [2.75, 3.05) is 31.6 Å². The highest BCUT2D eigenvalue weighted by Gasteiger charge is 2.35. The number of rotatable bonds is 6. The van der Waals surface area contributed by atoms with Crippen LogP contribution in [-0.2, 0) is 4.79 Å². The average molecular weight is 317 g/mol. The van der Waals surface area contributed by atoms with Crippen molar-refractivity contribution >= 4 is 17.6 Å². The number of nitrogens with zero attached hydrogens (tertiary/aromatic N) is 2. The number of nitrogens with one attached hydrogen (secondary N) is 1. The molecule has 6 heteroatoms. The van der Waals surface area contributed by atoms with Crippen molar-refractivity contribution in [2.24, 2.45) is 5.92 Å². The van der Waals surface area contributed by atoms with Gasteiger partial charge in [-0.1, -0.05) is 0 Å². The summed E-state index contributed by atoms with van der Waals surface area (Å²) in [5, 5.41) is 2.67. The largest absolute Gasteiger partial charge is 0.497 e. The number of urea groups is 1. The molecule has 23 heavy (non-hydrogen) atoms. The van der Waals surface area contributed by atoms with Gasteiger partial charge in [0.25, 0.3) is 0 Å². The van der Waals surface area contributed by atoms with E-state index in [1.54, 1.807) is 7.11 Å². The molecule has 1 aliphatic carbocycles. The fraction of sp³-hybridized carbons (Fsp3) is 0.529. The zero-order chi connectivity index (χ0) is 16.4. The van der Waals surface area contributed by atoms with E-state index >= 15 is 0 Å². The van der Waals surface area contributed by atoms with E-state index < -0.39 is 0 Å². The summed E-state index contributed by atoms with van der Waals surface area (Å²) < 4.78 is 5.20. The van der Waals surface area contributed by atoms with Crippen LogP contribution in [-0.4, -0.2) is 49.6 Å². The molecule has 0 bridgehead atoms. The molecule has 1 aliphatic heterocycles. The summed E-state index contributed by atoms with van der Waals surface area (Å²) in [5.41, 5.74) is 0.984. The zero-order valence-electron chi connectivity index (χ0n) is 13.6. The predicted octanol–water partition coefficient (Wildman–Crippen LogP) is 1.85. The molecule has 1 saturated heterocycles. The number of methoxy groups -OCH3 is 1. The van der Waals surface area contributed by atoms with Crippen molar-refractivity contribution in [3.8, 4) is 5.75 Å². The van der Waals surface area contributed by atoms with Gasteiger partial charge in [0.2, 0.25) is 5.91 Å². The second-order valence-electron chi connectivity index (χ2n) is 6.18. The second kappa shape index (κ2) is 6.48. The van der Waals surface area contributed by atoms with Gasteiger partial charge in [0.05, 0.1) is 13.7 Å². The van der Waals surface area contributed by atoms with E-state index in [2.05, 4.69) is 17.1 Å². The first-order valence-electron chi connectivity index (χ1n) is 8.09. The average Bonchev–Trinajstić information content (AvgIpc) is 3.33. The molecule has 0 spiro atoms. The van der Waals surface area contributed by atoms with Crippen molar-refractivity contribution < 1.29 is 14.3 Å². The number of anilines is 1. The van der Waals surface area contributed by atoms with E-state index in [0.29, 0.717) is 19.0 Å². The summed E-state index contributed by atoms with van der Waals surface area (Å²) >= 11 is 0. The molecule has 0 aromatic heterocycles. The van der Waals surface area contributed by atoms with Gasteiger partial charge in [0.15, 0.2) is 0 Å². The lowest BCUT2D eigenvalue weighted by Crippen LogP contribution is -2.45. The highest BCUT2D eigenvalue weighted by atomic mass is 16.5. The van der Waals surface area contributed by atoms with E-state index in [9.17, 15) is 9.59 Å². The quantitative estimate of drug-likeness (QED) is 0.870. The van der Waals surface area contributed by atoms with Crippen molar-refractivity contribution in [3.05, 3.63) is 24.3 Å². The van der Waals surface area contributed by atoms with Gasteiger partial charge in [-0.15, -0.1) is 0 Å². The predicted molar refractivity (Wildman–Crippen MR) is 87.6 cm³/mol. The minimum absolute atomic E-state index is 0.150. The molecule has 6 nitrogen and oxygen atoms in total. The van der Waals surface area contributed by atoms with Crippen LogP contribution in [0.15, 0.2) is 24.3 Å². The highest BCUT2D eigenvalue weighted by molar-refractivity contribution is 5.97. The zero-order valence-corrected chi connectivity index (χ0v) is 13.6. The van der Waals surface area contributed by atoms with Crippen LogP contribution in [0.5, 0.6) is 5.75 Å². The van der Waals surface area contributed by atoms with Crippen LogP contribution in [0.25, 0.3) is 0 Å². The standard InChI is InChI=1S/C17H23N3O3/c1-12(13-3-4-13)20(14-5-7-15(23-2)8-6-14)11-16(21)19-10-9-18-17(19)22/h5-8,12-13H,3-4,9-11H2,1-2H3,(H,18,22)/t12-/m1/s1. The SMILES string of the molecule is COc1ccc(N(CC(=O)N2CCNC2=O)[C@H](C)C2CC2)cc1. The Morgan fingerprint density at radius 2 is 2.09 bits per heavy atom. The molecule has 1 N–H and O–H groups in total. The Balaban J connectivity index is 1.77. The molecule has 3 rings (SSSR count). The molecule has 3 amide bonds. The third-order valence-electron chi connectivity index (χ3n) is 4.66. The first kappa shape index (κ1) is 15.6. The van der Waals surface area contributed by atoms with Crippen molar-refractivity contribution in [2.45, 2.75) is 25.8 Å². The Kier molecular flexibility index (Phi) is 4.41. The Hall–Kier alpha value is -2.24. The molecule has 1 saturated carbocycles. The van der Waals surface area contributed by atoms with Gasteiger partial charge in [-0.3, -0.25) is 9.69 Å². The number of ether oxygens (including phenoxy) is 1. The van der Waals surface area contributed by atoms with Crippen LogP contribution < -0.4 is 15.0 Å². The Labute approximate surface area is 136 Å². The smallest absolute Gasteiger partial charge is 0.324 e. The summed E-state index contributed by atoms with van der Waals surface area (Å²) in [6, 6.07) is 7.72. The van der Waals surface area contributed by atoms with E-state index in [1.165, 1.54) is 17.7 Å². The highest BCUT2D eigenvalue weighted by Crippen LogP contribution is 2.37. The molecule has 2 fully saturated rings. The number of imide groups is 1. The minimum Gasteiger partial charge on any atom is -0.497 e. The lowest BCUT2D eigenvalue weighted by atomic mass is 10.1. The number of carbonyl (C=O) groups excluding carboxylic acids is 2. The molecule has 1 atom stereocenters. The maximum Gasteiger partial charge on any atom is 0.324 e. The van der Waals surface area contributed by atoms with Crippen LogP contribution in [0.1, 0.15) is 19.8 Å². The van der Waals surface area contributed by atoms with Gasteiger partial charge in [-0.05, 0) is 49.9 Å². The van der Waals surface area contributed by atoms with E-state index in [0.717, 1.165) is 11.4 Å². The van der Waals surface area contributed by atoms with Gasteiger partial charge in [-0.2, -0.15) is 0 Å². The molecular weight excluding hydrogens is 294 g/mol. The summed E-state index contributed by atoms with van der Waals surface area (Å²) in [5.74, 6) is 1.26. The molecular formula is C17H23N3O3.